The Morgan fingerprint density at radius 1 is 1.22 bits per heavy atom. The first-order valence-corrected chi connectivity index (χ1v) is 8.98. The molecule has 1 heterocycles. The van der Waals surface area contributed by atoms with Crippen LogP contribution in [0.4, 0.5) is 0 Å². The molecule has 0 spiro atoms. The molecule has 18 heavy (non-hydrogen) atoms. The fourth-order valence-corrected chi connectivity index (χ4v) is 4.04. The number of rotatable bonds is 6. The zero-order valence-corrected chi connectivity index (χ0v) is 13.3. The van der Waals surface area contributed by atoms with Crippen molar-refractivity contribution in [3.63, 3.8) is 0 Å². The molecule has 0 aromatic heterocycles. The van der Waals surface area contributed by atoms with Crippen LogP contribution in [0.2, 0.25) is 0 Å². The summed E-state index contributed by atoms with van der Waals surface area (Å²) in [5, 5.41) is 1.14. The van der Waals surface area contributed by atoms with Crippen molar-refractivity contribution in [1.82, 2.24) is 4.90 Å². The predicted molar refractivity (Wildman–Crippen MR) is 84.8 cm³/mol. The molecule has 1 atom stereocenters. The summed E-state index contributed by atoms with van der Waals surface area (Å²) >= 11 is 5.57. The Morgan fingerprint density at radius 2 is 2.06 bits per heavy atom. The first-order chi connectivity index (χ1) is 8.90. The van der Waals surface area contributed by atoms with Gasteiger partial charge in [0.1, 0.15) is 0 Å². The Hall–Kier alpha value is 0.0100. The van der Waals surface area contributed by atoms with Gasteiger partial charge in [0, 0.05) is 28.6 Å². The Labute approximate surface area is 123 Å². The summed E-state index contributed by atoms with van der Waals surface area (Å²) in [5.41, 5.74) is 0. The fraction of sp³-hybridized carbons (Fsp3) is 0.600. The minimum Gasteiger partial charge on any atom is -0.300 e. The third-order valence-electron chi connectivity index (χ3n) is 3.58. The van der Waals surface area contributed by atoms with Gasteiger partial charge in [-0.3, -0.25) is 4.90 Å². The zero-order chi connectivity index (χ0) is 12.6. The molecule has 0 amide bonds. The van der Waals surface area contributed by atoms with Gasteiger partial charge in [0.25, 0.3) is 0 Å². The van der Waals surface area contributed by atoms with Crippen LogP contribution < -0.4 is 0 Å². The first kappa shape index (κ1) is 14.4. The van der Waals surface area contributed by atoms with Crippen molar-refractivity contribution < 1.29 is 0 Å². The van der Waals surface area contributed by atoms with Gasteiger partial charge >= 0.3 is 0 Å². The fourth-order valence-electron chi connectivity index (χ4n) is 2.60. The summed E-state index contributed by atoms with van der Waals surface area (Å²) in [4.78, 5) is 4.09. The highest BCUT2D eigenvalue weighted by Gasteiger charge is 2.20. The van der Waals surface area contributed by atoms with Crippen LogP contribution in [0.15, 0.2) is 35.2 Å². The molecule has 1 saturated heterocycles. The van der Waals surface area contributed by atoms with Gasteiger partial charge in [-0.25, -0.2) is 0 Å². The summed E-state index contributed by atoms with van der Waals surface area (Å²) in [6.07, 6.45) is 5.49. The number of nitrogens with zero attached hydrogens (tertiary/aromatic N) is 1. The van der Waals surface area contributed by atoms with E-state index in [4.69, 9.17) is 0 Å². The Balaban J connectivity index is 1.74. The van der Waals surface area contributed by atoms with Crippen molar-refractivity contribution in [2.75, 3.05) is 24.2 Å². The standard InChI is InChI=1S/C15H22BrNS/c16-10-9-14-6-4-5-11-17(14)12-13-18-15-7-2-1-3-8-15/h1-3,7-8,14H,4-6,9-13H2. The van der Waals surface area contributed by atoms with Gasteiger partial charge in [0.2, 0.25) is 0 Å². The molecule has 1 nitrogen and oxygen atoms in total. The van der Waals surface area contributed by atoms with Crippen LogP contribution in [0.1, 0.15) is 25.7 Å². The van der Waals surface area contributed by atoms with Crippen molar-refractivity contribution in [3.05, 3.63) is 30.3 Å². The van der Waals surface area contributed by atoms with Gasteiger partial charge in [-0.05, 0) is 37.9 Å². The molecule has 0 aliphatic carbocycles. The van der Waals surface area contributed by atoms with E-state index in [0.29, 0.717) is 0 Å². The van der Waals surface area contributed by atoms with Gasteiger partial charge < -0.3 is 0 Å². The monoisotopic (exact) mass is 327 g/mol. The molecule has 1 aromatic rings. The smallest absolute Gasteiger partial charge is 0.0108 e. The second-order valence-corrected chi connectivity index (χ2v) is 6.79. The van der Waals surface area contributed by atoms with Crippen LogP contribution >= 0.6 is 27.7 Å². The van der Waals surface area contributed by atoms with Crippen molar-refractivity contribution in [1.29, 1.82) is 0 Å². The zero-order valence-electron chi connectivity index (χ0n) is 10.9. The van der Waals surface area contributed by atoms with Gasteiger partial charge in [0.15, 0.2) is 0 Å². The molecule has 0 radical (unpaired) electrons. The normalized spacial score (nSPS) is 21.1. The first-order valence-electron chi connectivity index (χ1n) is 6.88. The predicted octanol–water partition coefficient (Wildman–Crippen LogP) is 4.42. The average molecular weight is 328 g/mol. The molecule has 3 heteroatoms. The van der Waals surface area contributed by atoms with Crippen molar-refractivity contribution in [2.24, 2.45) is 0 Å². The molecular weight excluding hydrogens is 306 g/mol. The highest BCUT2D eigenvalue weighted by Crippen LogP contribution is 2.22. The number of piperidine rings is 1. The van der Waals surface area contributed by atoms with Crippen LogP contribution in [-0.2, 0) is 0 Å². The lowest BCUT2D eigenvalue weighted by molar-refractivity contribution is 0.155. The maximum absolute atomic E-state index is 3.59. The number of thioether (sulfide) groups is 1. The second kappa shape index (κ2) is 8.23. The third-order valence-corrected chi connectivity index (χ3v) is 5.03. The van der Waals surface area contributed by atoms with E-state index >= 15 is 0 Å². The van der Waals surface area contributed by atoms with Gasteiger partial charge in [-0.2, -0.15) is 0 Å². The maximum Gasteiger partial charge on any atom is 0.0108 e. The molecule has 0 saturated carbocycles. The molecule has 1 unspecified atom stereocenters. The topological polar surface area (TPSA) is 3.24 Å². The van der Waals surface area contributed by atoms with Crippen LogP contribution in [0, 0.1) is 0 Å². The Bertz CT molecular complexity index is 329. The van der Waals surface area contributed by atoms with Crippen LogP contribution in [0.25, 0.3) is 0 Å². The van der Waals surface area contributed by atoms with E-state index in [9.17, 15) is 0 Å². The molecule has 1 aromatic carbocycles. The molecule has 0 bridgehead atoms. The Kier molecular flexibility index (Phi) is 6.60. The van der Waals surface area contributed by atoms with Crippen molar-refractivity contribution in [2.45, 2.75) is 36.6 Å². The minimum atomic E-state index is 0.814. The largest absolute Gasteiger partial charge is 0.300 e. The summed E-state index contributed by atoms with van der Waals surface area (Å²) in [6.45, 7) is 2.53. The van der Waals surface area contributed by atoms with Crippen LogP contribution in [0.3, 0.4) is 0 Å². The van der Waals surface area contributed by atoms with Gasteiger partial charge in [-0.15, -0.1) is 11.8 Å². The molecular formula is C15H22BrNS. The van der Waals surface area contributed by atoms with E-state index < -0.39 is 0 Å². The van der Waals surface area contributed by atoms with E-state index in [0.717, 1.165) is 11.4 Å². The highest BCUT2D eigenvalue weighted by molar-refractivity contribution is 9.09. The number of benzene rings is 1. The summed E-state index contributed by atoms with van der Waals surface area (Å²) in [6, 6.07) is 11.6. The number of hydrogen-bond donors (Lipinski definition) is 0. The molecule has 1 aliphatic heterocycles. The Morgan fingerprint density at radius 3 is 2.83 bits per heavy atom. The quantitative estimate of drug-likeness (QED) is 0.562. The van der Waals surface area contributed by atoms with E-state index in [-0.39, 0.29) is 0 Å². The molecule has 0 N–H and O–H groups in total. The van der Waals surface area contributed by atoms with Crippen LogP contribution in [0.5, 0.6) is 0 Å². The van der Waals surface area contributed by atoms with E-state index in [1.807, 2.05) is 11.8 Å². The summed E-state index contributed by atoms with van der Waals surface area (Å²) in [7, 11) is 0. The number of halogens is 1. The number of likely N-dealkylation sites (tertiary alicyclic amines) is 1. The minimum absolute atomic E-state index is 0.814. The van der Waals surface area contributed by atoms with Gasteiger partial charge in [0.05, 0.1) is 0 Å². The maximum atomic E-state index is 3.59. The van der Waals surface area contributed by atoms with E-state index in [1.54, 1.807) is 0 Å². The van der Waals surface area contributed by atoms with Crippen LogP contribution in [-0.4, -0.2) is 35.1 Å². The number of alkyl halides is 1. The molecule has 1 aliphatic rings. The third kappa shape index (κ3) is 4.60. The molecule has 2 rings (SSSR count). The molecule has 1 fully saturated rings. The van der Waals surface area contributed by atoms with E-state index in [1.165, 1.54) is 49.4 Å². The molecule has 100 valence electrons. The van der Waals surface area contributed by atoms with Crippen molar-refractivity contribution in [3.8, 4) is 0 Å². The highest BCUT2D eigenvalue weighted by atomic mass is 79.9. The SMILES string of the molecule is BrCCC1CCCCN1CCSc1ccccc1. The van der Waals surface area contributed by atoms with Gasteiger partial charge in [-0.1, -0.05) is 40.5 Å². The second-order valence-electron chi connectivity index (χ2n) is 4.82. The lowest BCUT2D eigenvalue weighted by Gasteiger charge is -2.35. The lowest BCUT2D eigenvalue weighted by atomic mass is 10.0. The number of hydrogen-bond acceptors (Lipinski definition) is 2. The summed E-state index contributed by atoms with van der Waals surface area (Å²) in [5.74, 6) is 1.21. The summed E-state index contributed by atoms with van der Waals surface area (Å²) < 4.78 is 0. The van der Waals surface area contributed by atoms with E-state index in [2.05, 4.69) is 51.2 Å². The average Bonchev–Trinajstić information content (AvgIpc) is 2.42. The lowest BCUT2D eigenvalue weighted by Crippen LogP contribution is -2.41. The van der Waals surface area contributed by atoms with Crippen molar-refractivity contribution >= 4 is 27.7 Å².